The molecule has 5 nitrogen and oxygen atoms in total. The number of para-hydroxylation sites is 1. The zero-order valence-electron chi connectivity index (χ0n) is 12.1. The second kappa shape index (κ2) is 6.52. The van der Waals surface area contributed by atoms with Crippen molar-refractivity contribution in [2.45, 2.75) is 25.7 Å². The van der Waals surface area contributed by atoms with Gasteiger partial charge >= 0.3 is 0 Å². The van der Waals surface area contributed by atoms with E-state index < -0.39 is 0 Å². The summed E-state index contributed by atoms with van der Waals surface area (Å²) < 4.78 is 0. The van der Waals surface area contributed by atoms with Gasteiger partial charge in [-0.1, -0.05) is 12.1 Å². The molecule has 0 bridgehead atoms. The molecule has 5 heteroatoms. The minimum absolute atomic E-state index is 0.237. The predicted octanol–water partition coefficient (Wildman–Crippen LogP) is 2.44. The second-order valence-corrected chi connectivity index (χ2v) is 5.36. The van der Waals surface area contributed by atoms with Gasteiger partial charge in [0.05, 0.1) is 5.52 Å². The van der Waals surface area contributed by atoms with Crippen molar-refractivity contribution < 1.29 is 4.79 Å². The lowest BCUT2D eigenvalue weighted by atomic mass is 10.1. The fourth-order valence-corrected chi connectivity index (χ4v) is 2.73. The average Bonchev–Trinajstić information content (AvgIpc) is 2.56. The van der Waals surface area contributed by atoms with Crippen LogP contribution in [-0.2, 0) is 4.79 Å². The Bertz CT molecular complexity index is 617. The van der Waals surface area contributed by atoms with E-state index in [1.165, 1.54) is 6.42 Å². The highest BCUT2D eigenvalue weighted by Crippen LogP contribution is 2.18. The van der Waals surface area contributed by atoms with E-state index in [0.29, 0.717) is 13.0 Å². The first kappa shape index (κ1) is 13.8. The summed E-state index contributed by atoms with van der Waals surface area (Å²) in [7, 11) is 0. The summed E-state index contributed by atoms with van der Waals surface area (Å²) >= 11 is 0. The number of fused-ring (bicyclic) bond motifs is 1. The van der Waals surface area contributed by atoms with Gasteiger partial charge < -0.3 is 10.2 Å². The van der Waals surface area contributed by atoms with Gasteiger partial charge in [-0.15, -0.1) is 0 Å². The molecule has 0 aliphatic carbocycles. The molecule has 1 aliphatic heterocycles. The van der Waals surface area contributed by atoms with Crippen LogP contribution < -0.4 is 5.32 Å². The Morgan fingerprint density at radius 1 is 1.14 bits per heavy atom. The number of nitrogens with one attached hydrogen (secondary N) is 1. The maximum absolute atomic E-state index is 12.1. The first-order chi connectivity index (χ1) is 10.3. The van der Waals surface area contributed by atoms with Gasteiger partial charge in [-0.05, 0) is 31.4 Å². The van der Waals surface area contributed by atoms with Gasteiger partial charge in [0, 0.05) is 31.4 Å². The number of hydrogen-bond donors (Lipinski definition) is 1. The molecular weight excluding hydrogens is 264 g/mol. The van der Waals surface area contributed by atoms with E-state index in [1.807, 2.05) is 29.2 Å². The fourth-order valence-electron chi connectivity index (χ4n) is 2.73. The molecular formula is C16H20N4O. The van der Waals surface area contributed by atoms with E-state index >= 15 is 0 Å². The van der Waals surface area contributed by atoms with Crippen LogP contribution in [0.5, 0.6) is 0 Å². The Balaban J connectivity index is 1.58. The van der Waals surface area contributed by atoms with Gasteiger partial charge in [0.25, 0.3) is 0 Å². The number of anilines is 1. The number of benzene rings is 1. The van der Waals surface area contributed by atoms with E-state index in [-0.39, 0.29) is 5.91 Å². The number of aromatic nitrogens is 2. The van der Waals surface area contributed by atoms with Crippen LogP contribution in [0.15, 0.2) is 30.6 Å². The summed E-state index contributed by atoms with van der Waals surface area (Å²) in [4.78, 5) is 22.6. The van der Waals surface area contributed by atoms with Crippen molar-refractivity contribution in [2.24, 2.45) is 0 Å². The van der Waals surface area contributed by atoms with Crippen molar-refractivity contribution in [3.63, 3.8) is 0 Å². The molecule has 1 amide bonds. The molecule has 21 heavy (non-hydrogen) atoms. The Hall–Kier alpha value is -2.17. The molecule has 0 unspecified atom stereocenters. The Kier molecular flexibility index (Phi) is 4.28. The Morgan fingerprint density at radius 2 is 1.95 bits per heavy atom. The van der Waals surface area contributed by atoms with E-state index in [2.05, 4.69) is 15.3 Å². The highest BCUT2D eigenvalue weighted by atomic mass is 16.2. The van der Waals surface area contributed by atoms with Crippen molar-refractivity contribution in [2.75, 3.05) is 25.0 Å². The Labute approximate surface area is 124 Å². The minimum atomic E-state index is 0.237. The molecule has 1 aliphatic rings. The predicted molar refractivity (Wildman–Crippen MR) is 83.1 cm³/mol. The molecule has 2 aromatic rings. The number of rotatable bonds is 4. The summed E-state index contributed by atoms with van der Waals surface area (Å²) in [5.41, 5.74) is 0.914. The van der Waals surface area contributed by atoms with Crippen LogP contribution in [0.3, 0.4) is 0 Å². The van der Waals surface area contributed by atoms with E-state index in [0.717, 1.165) is 42.7 Å². The number of amides is 1. The third-order valence-electron chi connectivity index (χ3n) is 3.88. The van der Waals surface area contributed by atoms with Gasteiger partial charge in [-0.3, -0.25) is 4.79 Å². The molecule has 1 aromatic heterocycles. The largest absolute Gasteiger partial charge is 0.369 e. The van der Waals surface area contributed by atoms with Crippen LogP contribution in [0.2, 0.25) is 0 Å². The monoisotopic (exact) mass is 284 g/mol. The first-order valence-electron chi connectivity index (χ1n) is 7.56. The average molecular weight is 284 g/mol. The highest BCUT2D eigenvalue weighted by molar-refractivity contribution is 5.88. The van der Waals surface area contributed by atoms with E-state index in [9.17, 15) is 4.79 Å². The molecule has 0 saturated carbocycles. The third-order valence-corrected chi connectivity index (χ3v) is 3.88. The molecule has 3 rings (SSSR count). The van der Waals surface area contributed by atoms with Crippen LogP contribution in [0.25, 0.3) is 10.9 Å². The summed E-state index contributed by atoms with van der Waals surface area (Å²) in [6.07, 6.45) is 5.58. The van der Waals surface area contributed by atoms with Crippen molar-refractivity contribution in [1.82, 2.24) is 14.9 Å². The zero-order chi connectivity index (χ0) is 14.5. The van der Waals surface area contributed by atoms with Crippen molar-refractivity contribution in [3.05, 3.63) is 30.6 Å². The molecule has 1 saturated heterocycles. The van der Waals surface area contributed by atoms with Crippen molar-refractivity contribution >= 4 is 22.6 Å². The maximum Gasteiger partial charge on any atom is 0.224 e. The van der Waals surface area contributed by atoms with Crippen LogP contribution in [0.4, 0.5) is 5.82 Å². The maximum atomic E-state index is 12.1. The summed E-state index contributed by atoms with van der Waals surface area (Å²) in [6.45, 7) is 2.43. The number of hydrogen-bond acceptors (Lipinski definition) is 4. The standard InChI is InChI=1S/C16H20N4O/c21-15(20-10-4-1-5-11-20)8-9-17-16-13-6-2-3-7-14(13)18-12-19-16/h2-3,6-7,12H,1,4-5,8-11H2,(H,17,18,19). The topological polar surface area (TPSA) is 58.1 Å². The van der Waals surface area contributed by atoms with Gasteiger partial charge in [-0.2, -0.15) is 0 Å². The van der Waals surface area contributed by atoms with E-state index in [4.69, 9.17) is 0 Å². The lowest BCUT2D eigenvalue weighted by Gasteiger charge is -2.26. The molecule has 1 N–H and O–H groups in total. The van der Waals surface area contributed by atoms with Crippen LogP contribution in [0, 0.1) is 0 Å². The number of carbonyl (C=O) groups is 1. The molecule has 1 aromatic carbocycles. The number of piperidine rings is 1. The Morgan fingerprint density at radius 3 is 2.81 bits per heavy atom. The molecule has 1 fully saturated rings. The van der Waals surface area contributed by atoms with Crippen LogP contribution in [-0.4, -0.2) is 40.4 Å². The number of carbonyl (C=O) groups excluding carboxylic acids is 1. The quantitative estimate of drug-likeness (QED) is 0.937. The van der Waals surface area contributed by atoms with Gasteiger partial charge in [0.2, 0.25) is 5.91 Å². The van der Waals surface area contributed by atoms with Gasteiger partial charge in [0.15, 0.2) is 0 Å². The summed E-state index contributed by atoms with van der Waals surface area (Å²) in [5, 5.41) is 4.25. The third kappa shape index (κ3) is 3.29. The van der Waals surface area contributed by atoms with Gasteiger partial charge in [0.1, 0.15) is 12.1 Å². The second-order valence-electron chi connectivity index (χ2n) is 5.36. The van der Waals surface area contributed by atoms with Crippen LogP contribution >= 0.6 is 0 Å². The minimum Gasteiger partial charge on any atom is -0.369 e. The lowest BCUT2D eigenvalue weighted by molar-refractivity contribution is -0.131. The fraction of sp³-hybridized carbons (Fsp3) is 0.438. The summed E-state index contributed by atoms with van der Waals surface area (Å²) in [5.74, 6) is 1.03. The van der Waals surface area contributed by atoms with Crippen molar-refractivity contribution in [3.8, 4) is 0 Å². The number of nitrogens with zero attached hydrogens (tertiary/aromatic N) is 3. The van der Waals surface area contributed by atoms with Crippen LogP contribution in [0.1, 0.15) is 25.7 Å². The highest BCUT2D eigenvalue weighted by Gasteiger charge is 2.15. The van der Waals surface area contributed by atoms with E-state index in [1.54, 1.807) is 6.33 Å². The molecule has 0 atom stereocenters. The molecule has 110 valence electrons. The smallest absolute Gasteiger partial charge is 0.224 e. The first-order valence-corrected chi connectivity index (χ1v) is 7.56. The normalized spacial score (nSPS) is 15.1. The molecule has 0 radical (unpaired) electrons. The lowest BCUT2D eigenvalue weighted by Crippen LogP contribution is -2.36. The SMILES string of the molecule is O=C(CCNc1ncnc2ccccc12)N1CCCCC1. The summed E-state index contributed by atoms with van der Waals surface area (Å²) in [6, 6.07) is 7.87. The van der Waals surface area contributed by atoms with Crippen molar-refractivity contribution in [1.29, 1.82) is 0 Å². The molecule has 2 heterocycles. The zero-order valence-corrected chi connectivity index (χ0v) is 12.1. The molecule has 0 spiro atoms. The van der Waals surface area contributed by atoms with Gasteiger partial charge in [-0.25, -0.2) is 9.97 Å². The number of likely N-dealkylation sites (tertiary alicyclic amines) is 1.